The third-order valence-corrected chi connectivity index (χ3v) is 2.14. The van der Waals surface area contributed by atoms with Crippen LogP contribution in [0.4, 0.5) is 5.69 Å². The van der Waals surface area contributed by atoms with Crippen LogP contribution in [0.1, 0.15) is 39.2 Å². The van der Waals surface area contributed by atoms with Crippen LogP contribution in [0.25, 0.3) is 0 Å². The average Bonchev–Trinajstić information content (AvgIpc) is 2.32. The summed E-state index contributed by atoms with van der Waals surface area (Å²) < 4.78 is 0. The molecule has 94 valence electrons. The van der Waals surface area contributed by atoms with E-state index in [1.807, 2.05) is 13.8 Å². The highest BCUT2D eigenvalue weighted by Crippen LogP contribution is 2.13. The number of rotatable bonds is 5. The summed E-state index contributed by atoms with van der Waals surface area (Å²) >= 11 is 0. The van der Waals surface area contributed by atoms with Gasteiger partial charge in [0.05, 0.1) is 4.92 Å². The minimum absolute atomic E-state index is 0.102. The Morgan fingerprint density at radius 2 is 1.76 bits per heavy atom. The monoisotopic (exact) mass is 237 g/mol. The minimum Gasteiger partial charge on any atom is -0.300 e. The Kier molecular flexibility index (Phi) is 7.59. The molecule has 0 saturated carbocycles. The average molecular weight is 237 g/mol. The van der Waals surface area contributed by atoms with Gasteiger partial charge < -0.3 is 4.79 Å². The maximum absolute atomic E-state index is 10.7. The SMILES string of the molecule is CC.CC(=O)CCCc1ccc([N+](=O)[O-])cc1. The van der Waals surface area contributed by atoms with E-state index in [0.717, 1.165) is 18.4 Å². The third kappa shape index (κ3) is 6.45. The molecule has 4 heteroatoms. The molecule has 0 amide bonds. The lowest BCUT2D eigenvalue weighted by Crippen LogP contribution is -1.93. The smallest absolute Gasteiger partial charge is 0.269 e. The van der Waals surface area contributed by atoms with E-state index >= 15 is 0 Å². The van der Waals surface area contributed by atoms with Crippen molar-refractivity contribution in [1.82, 2.24) is 0 Å². The number of Topliss-reactive ketones (excluding diaryl/α,β-unsaturated/α-hetero) is 1. The predicted octanol–water partition coefficient (Wildman–Crippen LogP) is 3.53. The number of aryl methyl sites for hydroxylation is 1. The van der Waals surface area contributed by atoms with Gasteiger partial charge in [0.25, 0.3) is 5.69 Å². The van der Waals surface area contributed by atoms with Crippen molar-refractivity contribution in [2.24, 2.45) is 0 Å². The lowest BCUT2D eigenvalue weighted by atomic mass is 10.1. The van der Waals surface area contributed by atoms with Crippen LogP contribution in [0, 0.1) is 10.1 Å². The molecule has 0 heterocycles. The van der Waals surface area contributed by atoms with Crippen LogP contribution in [-0.4, -0.2) is 10.7 Å². The molecule has 17 heavy (non-hydrogen) atoms. The molecule has 0 saturated heterocycles. The Bertz CT molecular complexity index is 357. The number of non-ortho nitro benzene ring substituents is 1. The van der Waals surface area contributed by atoms with Crippen LogP contribution in [-0.2, 0) is 11.2 Å². The van der Waals surface area contributed by atoms with Crippen molar-refractivity contribution in [3.63, 3.8) is 0 Å². The van der Waals surface area contributed by atoms with Crippen LogP contribution >= 0.6 is 0 Å². The molecule has 0 unspecified atom stereocenters. The van der Waals surface area contributed by atoms with E-state index in [0.29, 0.717) is 6.42 Å². The number of hydrogen-bond donors (Lipinski definition) is 0. The lowest BCUT2D eigenvalue weighted by Gasteiger charge is -1.99. The highest BCUT2D eigenvalue weighted by atomic mass is 16.6. The second kappa shape index (κ2) is 8.44. The zero-order valence-electron chi connectivity index (χ0n) is 10.6. The van der Waals surface area contributed by atoms with Gasteiger partial charge >= 0.3 is 0 Å². The zero-order chi connectivity index (χ0) is 13.3. The Balaban J connectivity index is 0.00000121. The molecule has 0 aliphatic carbocycles. The summed E-state index contributed by atoms with van der Waals surface area (Å²) in [4.78, 5) is 20.6. The fourth-order valence-electron chi connectivity index (χ4n) is 1.33. The zero-order valence-corrected chi connectivity index (χ0v) is 10.6. The molecular formula is C13H19NO3. The van der Waals surface area contributed by atoms with Crippen molar-refractivity contribution in [3.05, 3.63) is 39.9 Å². The number of nitrogens with zero attached hydrogens (tertiary/aromatic N) is 1. The van der Waals surface area contributed by atoms with Gasteiger partial charge in [-0.05, 0) is 25.3 Å². The van der Waals surface area contributed by atoms with Crippen LogP contribution < -0.4 is 0 Å². The molecule has 0 fully saturated rings. The summed E-state index contributed by atoms with van der Waals surface area (Å²) in [6.45, 7) is 5.57. The van der Waals surface area contributed by atoms with Crippen molar-refractivity contribution in [1.29, 1.82) is 0 Å². The standard InChI is InChI=1S/C11H13NO3.C2H6/c1-9(13)3-2-4-10-5-7-11(8-6-10)12(14)15;1-2/h5-8H,2-4H2,1H3;1-2H3. The van der Waals surface area contributed by atoms with Crippen molar-refractivity contribution in [2.45, 2.75) is 40.0 Å². The third-order valence-electron chi connectivity index (χ3n) is 2.14. The highest BCUT2D eigenvalue weighted by Gasteiger charge is 2.03. The molecule has 0 radical (unpaired) electrons. The van der Waals surface area contributed by atoms with Gasteiger partial charge in [-0.2, -0.15) is 0 Å². The van der Waals surface area contributed by atoms with Crippen molar-refractivity contribution in [2.75, 3.05) is 0 Å². The molecule has 0 bridgehead atoms. The van der Waals surface area contributed by atoms with Gasteiger partial charge in [0.2, 0.25) is 0 Å². The number of hydrogen-bond acceptors (Lipinski definition) is 3. The van der Waals surface area contributed by atoms with E-state index in [1.165, 1.54) is 12.1 Å². The van der Waals surface area contributed by atoms with Gasteiger partial charge in [-0.15, -0.1) is 0 Å². The van der Waals surface area contributed by atoms with Crippen LogP contribution in [0.5, 0.6) is 0 Å². The first-order chi connectivity index (χ1) is 8.09. The maximum atomic E-state index is 10.7. The van der Waals surface area contributed by atoms with Gasteiger partial charge in [-0.25, -0.2) is 0 Å². The summed E-state index contributed by atoms with van der Waals surface area (Å²) in [5, 5.41) is 10.4. The minimum atomic E-state index is -0.417. The van der Waals surface area contributed by atoms with E-state index in [1.54, 1.807) is 19.1 Å². The number of nitro benzene ring substituents is 1. The highest BCUT2D eigenvalue weighted by molar-refractivity contribution is 5.75. The van der Waals surface area contributed by atoms with E-state index in [4.69, 9.17) is 0 Å². The summed E-state index contributed by atoms with van der Waals surface area (Å²) in [5.41, 5.74) is 1.13. The van der Waals surface area contributed by atoms with Crippen LogP contribution in [0.3, 0.4) is 0 Å². The molecule has 0 aliphatic heterocycles. The summed E-state index contributed by atoms with van der Waals surface area (Å²) in [6, 6.07) is 6.45. The van der Waals surface area contributed by atoms with Gasteiger partial charge in [0.15, 0.2) is 0 Å². The molecule has 0 aliphatic rings. The molecule has 0 aromatic heterocycles. The van der Waals surface area contributed by atoms with Gasteiger partial charge in [0.1, 0.15) is 5.78 Å². The quantitative estimate of drug-likeness (QED) is 0.581. The van der Waals surface area contributed by atoms with Crippen LogP contribution in [0.2, 0.25) is 0 Å². The van der Waals surface area contributed by atoms with Crippen molar-refractivity contribution < 1.29 is 9.72 Å². The summed E-state index contributed by atoms with van der Waals surface area (Å²) in [6.07, 6.45) is 2.15. The van der Waals surface area contributed by atoms with Crippen molar-refractivity contribution in [3.8, 4) is 0 Å². The lowest BCUT2D eigenvalue weighted by molar-refractivity contribution is -0.384. The largest absolute Gasteiger partial charge is 0.300 e. The Hall–Kier alpha value is -1.71. The maximum Gasteiger partial charge on any atom is 0.269 e. The van der Waals surface area contributed by atoms with Crippen molar-refractivity contribution >= 4 is 11.5 Å². The van der Waals surface area contributed by atoms with E-state index in [9.17, 15) is 14.9 Å². The topological polar surface area (TPSA) is 60.2 Å². The van der Waals surface area contributed by atoms with Gasteiger partial charge in [-0.3, -0.25) is 10.1 Å². The van der Waals surface area contributed by atoms with E-state index < -0.39 is 4.92 Å². The number of carbonyl (C=O) groups is 1. The molecule has 1 aromatic rings. The molecule has 0 N–H and O–H groups in total. The summed E-state index contributed by atoms with van der Waals surface area (Å²) in [5.74, 6) is 0.178. The predicted molar refractivity (Wildman–Crippen MR) is 68.1 cm³/mol. The molecule has 0 spiro atoms. The fraction of sp³-hybridized carbons (Fsp3) is 0.462. The molecule has 0 atom stereocenters. The van der Waals surface area contributed by atoms with Gasteiger partial charge in [-0.1, -0.05) is 26.0 Å². The van der Waals surface area contributed by atoms with E-state index in [-0.39, 0.29) is 11.5 Å². The number of nitro groups is 1. The number of ketones is 1. The summed E-state index contributed by atoms with van der Waals surface area (Å²) in [7, 11) is 0. The normalized spacial score (nSPS) is 9.12. The fourth-order valence-corrected chi connectivity index (χ4v) is 1.33. The number of benzene rings is 1. The first kappa shape index (κ1) is 15.3. The molecule has 1 aromatic carbocycles. The molecule has 1 rings (SSSR count). The van der Waals surface area contributed by atoms with Gasteiger partial charge in [0, 0.05) is 18.6 Å². The first-order valence-electron chi connectivity index (χ1n) is 5.82. The Labute approximate surface area is 102 Å². The second-order valence-electron chi connectivity index (χ2n) is 3.48. The van der Waals surface area contributed by atoms with Crippen LogP contribution in [0.15, 0.2) is 24.3 Å². The van der Waals surface area contributed by atoms with E-state index in [2.05, 4.69) is 0 Å². The number of carbonyl (C=O) groups excluding carboxylic acids is 1. The Morgan fingerprint density at radius 1 is 1.24 bits per heavy atom. The molecule has 4 nitrogen and oxygen atoms in total. The first-order valence-corrected chi connectivity index (χ1v) is 5.82. The Morgan fingerprint density at radius 3 is 2.18 bits per heavy atom. The molecular weight excluding hydrogens is 218 g/mol. The second-order valence-corrected chi connectivity index (χ2v) is 3.48.